The molecule has 5 heteroatoms. The molecule has 0 bridgehead atoms. The number of aromatic nitrogens is 2. The molecule has 0 saturated heterocycles. The molecular formula is C26H26N2O2S. The smallest absolute Gasteiger partial charge is 0.262 e. The lowest BCUT2D eigenvalue weighted by atomic mass is 9.89. The first-order chi connectivity index (χ1) is 15.3. The summed E-state index contributed by atoms with van der Waals surface area (Å²) in [6.07, 6.45) is 8.29. The van der Waals surface area contributed by atoms with Crippen molar-refractivity contribution in [3.8, 4) is 16.9 Å². The topological polar surface area (TPSA) is 44.1 Å². The van der Waals surface area contributed by atoms with E-state index in [0.29, 0.717) is 13.2 Å². The van der Waals surface area contributed by atoms with Crippen molar-refractivity contribution in [3.05, 3.63) is 81.7 Å². The highest BCUT2D eigenvalue weighted by Gasteiger charge is 2.16. The van der Waals surface area contributed by atoms with E-state index in [1.54, 1.807) is 22.2 Å². The second-order valence-corrected chi connectivity index (χ2v) is 8.99. The monoisotopic (exact) mass is 430 g/mol. The maximum absolute atomic E-state index is 13.3. The zero-order chi connectivity index (χ0) is 21.0. The lowest BCUT2D eigenvalue weighted by molar-refractivity contribution is 0.303. The minimum absolute atomic E-state index is 0.0583. The van der Waals surface area contributed by atoms with Crippen molar-refractivity contribution in [1.82, 2.24) is 9.55 Å². The first-order valence-electron chi connectivity index (χ1n) is 11.1. The Labute approximate surface area is 186 Å². The molecule has 0 N–H and O–H groups in total. The van der Waals surface area contributed by atoms with E-state index >= 15 is 0 Å². The quantitative estimate of drug-likeness (QED) is 0.345. The summed E-state index contributed by atoms with van der Waals surface area (Å²) in [5.41, 5.74) is 5.11. The highest BCUT2D eigenvalue weighted by atomic mass is 32.1. The van der Waals surface area contributed by atoms with Gasteiger partial charge in [-0.05, 0) is 67.3 Å². The van der Waals surface area contributed by atoms with Gasteiger partial charge in [-0.2, -0.15) is 0 Å². The van der Waals surface area contributed by atoms with Gasteiger partial charge in [0, 0.05) is 17.5 Å². The molecule has 0 saturated carbocycles. The van der Waals surface area contributed by atoms with E-state index in [4.69, 9.17) is 4.74 Å². The van der Waals surface area contributed by atoms with Crippen LogP contribution < -0.4 is 10.3 Å². The van der Waals surface area contributed by atoms with Crippen LogP contribution in [0, 0.1) is 0 Å². The number of hydrogen-bond acceptors (Lipinski definition) is 4. The Balaban J connectivity index is 1.32. The number of para-hydroxylation sites is 1. The minimum atomic E-state index is 0.0583. The number of aryl methyl sites for hydroxylation is 3. The van der Waals surface area contributed by atoms with Crippen LogP contribution in [0.2, 0.25) is 0 Å². The second kappa shape index (κ2) is 9.06. The molecule has 0 amide bonds. The summed E-state index contributed by atoms with van der Waals surface area (Å²) in [6.45, 7) is 1.30. The summed E-state index contributed by atoms with van der Waals surface area (Å²) in [5, 5.41) is 2.84. The maximum Gasteiger partial charge on any atom is 0.262 e. The minimum Gasteiger partial charge on any atom is -0.494 e. The van der Waals surface area contributed by atoms with E-state index in [1.807, 2.05) is 30.3 Å². The van der Waals surface area contributed by atoms with Crippen molar-refractivity contribution in [2.45, 2.75) is 45.1 Å². The molecule has 0 aliphatic heterocycles. The van der Waals surface area contributed by atoms with E-state index in [2.05, 4.69) is 28.6 Å². The lowest BCUT2D eigenvalue weighted by Crippen LogP contribution is -2.20. The average Bonchev–Trinajstić information content (AvgIpc) is 3.25. The highest BCUT2D eigenvalue weighted by Crippen LogP contribution is 2.33. The van der Waals surface area contributed by atoms with Crippen molar-refractivity contribution in [3.63, 3.8) is 0 Å². The van der Waals surface area contributed by atoms with Crippen LogP contribution in [0.3, 0.4) is 0 Å². The van der Waals surface area contributed by atoms with Gasteiger partial charge in [0.25, 0.3) is 5.56 Å². The lowest BCUT2D eigenvalue weighted by Gasteiger charge is -2.16. The van der Waals surface area contributed by atoms with E-state index in [1.165, 1.54) is 30.4 Å². The number of fused-ring (bicyclic) bond motifs is 2. The maximum atomic E-state index is 13.3. The van der Waals surface area contributed by atoms with Crippen molar-refractivity contribution >= 4 is 21.6 Å². The normalized spacial score (nSPS) is 13.3. The standard InChI is InChI=1S/C26H26N2O2S/c29-26-24-23(21-13-12-19-8-4-5-9-20(19)16-21)17-31-25(24)27-18-28(26)14-6-7-15-30-22-10-2-1-3-11-22/h1-3,10-13,16-18H,4-9,14-15H2. The SMILES string of the molecule is O=c1c2c(-c3ccc4c(c3)CCCC4)csc2ncn1CCCCOc1ccccc1. The van der Waals surface area contributed by atoms with Crippen LogP contribution in [-0.2, 0) is 19.4 Å². The molecule has 4 nitrogen and oxygen atoms in total. The fraction of sp³-hybridized carbons (Fsp3) is 0.308. The molecule has 0 fully saturated rings. The summed E-state index contributed by atoms with van der Waals surface area (Å²) >= 11 is 1.55. The Morgan fingerprint density at radius 1 is 1.00 bits per heavy atom. The first-order valence-corrected chi connectivity index (χ1v) is 11.9. The van der Waals surface area contributed by atoms with Crippen LogP contribution in [0.1, 0.15) is 36.8 Å². The Morgan fingerprint density at radius 3 is 2.71 bits per heavy atom. The van der Waals surface area contributed by atoms with E-state index < -0.39 is 0 Å². The number of thiophene rings is 1. The predicted molar refractivity (Wildman–Crippen MR) is 127 cm³/mol. The average molecular weight is 431 g/mol. The molecule has 0 spiro atoms. The second-order valence-electron chi connectivity index (χ2n) is 8.13. The molecule has 0 atom stereocenters. The summed E-state index contributed by atoms with van der Waals surface area (Å²) in [4.78, 5) is 18.6. The Hall–Kier alpha value is -2.92. The number of hydrogen-bond donors (Lipinski definition) is 0. The molecule has 5 rings (SSSR count). The van der Waals surface area contributed by atoms with Gasteiger partial charge in [-0.3, -0.25) is 9.36 Å². The predicted octanol–water partition coefficient (Wildman–Crippen LogP) is 5.86. The van der Waals surface area contributed by atoms with Crippen molar-refractivity contribution < 1.29 is 4.74 Å². The van der Waals surface area contributed by atoms with Crippen LogP contribution in [0.4, 0.5) is 0 Å². The molecule has 4 aromatic rings. The molecule has 1 aliphatic carbocycles. The van der Waals surface area contributed by atoms with E-state index in [-0.39, 0.29) is 5.56 Å². The number of nitrogens with zero attached hydrogens (tertiary/aromatic N) is 2. The van der Waals surface area contributed by atoms with Crippen molar-refractivity contribution in [2.75, 3.05) is 6.61 Å². The number of unbranched alkanes of at least 4 members (excludes halogenated alkanes) is 1. The number of rotatable bonds is 7. The fourth-order valence-corrected chi connectivity index (χ4v) is 5.24. The Morgan fingerprint density at radius 2 is 1.84 bits per heavy atom. The molecule has 0 radical (unpaired) electrons. The molecule has 158 valence electrons. The molecule has 31 heavy (non-hydrogen) atoms. The van der Waals surface area contributed by atoms with Crippen LogP contribution in [0.25, 0.3) is 21.3 Å². The Bertz CT molecular complexity index is 1240. The van der Waals surface area contributed by atoms with Gasteiger partial charge in [-0.15, -0.1) is 11.3 Å². The summed E-state index contributed by atoms with van der Waals surface area (Å²) in [7, 11) is 0. The number of benzene rings is 2. The molecule has 2 aromatic carbocycles. The third-order valence-electron chi connectivity index (χ3n) is 6.03. The van der Waals surface area contributed by atoms with Gasteiger partial charge in [0.15, 0.2) is 0 Å². The van der Waals surface area contributed by atoms with Gasteiger partial charge in [-0.25, -0.2) is 4.98 Å². The summed E-state index contributed by atoms with van der Waals surface area (Å²) in [5.74, 6) is 0.885. The molecule has 0 unspecified atom stereocenters. The van der Waals surface area contributed by atoms with Crippen molar-refractivity contribution in [2.24, 2.45) is 0 Å². The van der Waals surface area contributed by atoms with Gasteiger partial charge >= 0.3 is 0 Å². The Kier molecular flexibility index (Phi) is 5.85. The van der Waals surface area contributed by atoms with Crippen molar-refractivity contribution in [1.29, 1.82) is 0 Å². The first kappa shape index (κ1) is 20.0. The zero-order valence-corrected chi connectivity index (χ0v) is 18.4. The third kappa shape index (κ3) is 4.28. The van der Waals surface area contributed by atoms with Gasteiger partial charge in [0.2, 0.25) is 0 Å². The molecule has 1 aliphatic rings. The molecular weight excluding hydrogens is 404 g/mol. The fourth-order valence-electron chi connectivity index (χ4n) is 4.33. The highest BCUT2D eigenvalue weighted by molar-refractivity contribution is 7.17. The molecule has 2 aromatic heterocycles. The van der Waals surface area contributed by atoms with Gasteiger partial charge < -0.3 is 4.74 Å². The van der Waals surface area contributed by atoms with E-state index in [0.717, 1.165) is 46.4 Å². The summed E-state index contributed by atoms with van der Waals surface area (Å²) in [6, 6.07) is 16.5. The molecule has 2 heterocycles. The van der Waals surface area contributed by atoms with Crippen LogP contribution in [0.15, 0.2) is 65.0 Å². The largest absolute Gasteiger partial charge is 0.494 e. The van der Waals surface area contributed by atoms with Crippen LogP contribution >= 0.6 is 11.3 Å². The van der Waals surface area contributed by atoms with Gasteiger partial charge in [0.05, 0.1) is 18.3 Å². The third-order valence-corrected chi connectivity index (χ3v) is 6.91. The zero-order valence-electron chi connectivity index (χ0n) is 17.5. The van der Waals surface area contributed by atoms with E-state index in [9.17, 15) is 4.79 Å². The number of ether oxygens (including phenoxy) is 1. The van der Waals surface area contributed by atoms with Crippen LogP contribution in [0.5, 0.6) is 5.75 Å². The van der Waals surface area contributed by atoms with Gasteiger partial charge in [-0.1, -0.05) is 36.4 Å². The van der Waals surface area contributed by atoms with Crippen LogP contribution in [-0.4, -0.2) is 16.2 Å². The summed E-state index contributed by atoms with van der Waals surface area (Å²) < 4.78 is 7.50. The van der Waals surface area contributed by atoms with Gasteiger partial charge in [0.1, 0.15) is 10.6 Å².